The average molecular weight is 367 g/mol. The van der Waals surface area contributed by atoms with E-state index in [9.17, 15) is 9.18 Å². The number of benzene rings is 1. The number of amides is 1. The molecular formula is C19H18FN5O2. The lowest BCUT2D eigenvalue weighted by Crippen LogP contribution is -2.35. The number of fused-ring (bicyclic) bond motifs is 2. The van der Waals surface area contributed by atoms with Gasteiger partial charge in [-0.3, -0.25) is 4.79 Å². The lowest BCUT2D eigenvalue weighted by Gasteiger charge is -2.26. The van der Waals surface area contributed by atoms with Crippen molar-refractivity contribution >= 4 is 34.3 Å². The summed E-state index contributed by atoms with van der Waals surface area (Å²) in [5, 5.41) is 3.02. The zero-order valence-electron chi connectivity index (χ0n) is 14.8. The van der Waals surface area contributed by atoms with Gasteiger partial charge in [0.15, 0.2) is 23.9 Å². The van der Waals surface area contributed by atoms with E-state index in [1.54, 1.807) is 36.5 Å². The Morgan fingerprint density at radius 3 is 3.00 bits per heavy atom. The van der Waals surface area contributed by atoms with Crippen LogP contribution in [0.25, 0.3) is 11.2 Å². The Balaban J connectivity index is 1.47. The first-order valence-electron chi connectivity index (χ1n) is 8.90. The standard InChI is InChI=1S/C19H18FN5O2/c1-24-15-5-4-12(6-16(15)27-9-17(24)26)22-18-13(20)7-14-19(23-18)25(10-21-14)8-11-2-3-11/h4-7,10-11H,2-3,8-9H2,1H3,(H,22,23). The molecule has 1 saturated carbocycles. The van der Waals surface area contributed by atoms with Crippen LogP contribution in [0.3, 0.4) is 0 Å². The van der Waals surface area contributed by atoms with Gasteiger partial charge in [-0.15, -0.1) is 0 Å². The Morgan fingerprint density at radius 1 is 1.33 bits per heavy atom. The van der Waals surface area contributed by atoms with Gasteiger partial charge in [0.05, 0.1) is 12.0 Å². The SMILES string of the molecule is CN1C(=O)COc2cc(Nc3nc4c(cc3F)ncn4CC3CC3)ccc21. The van der Waals surface area contributed by atoms with Crippen molar-refractivity contribution < 1.29 is 13.9 Å². The number of rotatable bonds is 4. The first kappa shape index (κ1) is 16.0. The van der Waals surface area contributed by atoms with Gasteiger partial charge in [0.2, 0.25) is 0 Å². The first-order chi connectivity index (χ1) is 13.1. The van der Waals surface area contributed by atoms with Crippen molar-refractivity contribution in [1.82, 2.24) is 14.5 Å². The van der Waals surface area contributed by atoms with E-state index in [2.05, 4.69) is 15.3 Å². The zero-order chi connectivity index (χ0) is 18.5. The van der Waals surface area contributed by atoms with Crippen molar-refractivity contribution in [3.05, 3.63) is 36.4 Å². The number of hydrogen-bond acceptors (Lipinski definition) is 5. The summed E-state index contributed by atoms with van der Waals surface area (Å²) in [5.41, 5.74) is 2.54. The average Bonchev–Trinajstić information content (AvgIpc) is 3.40. The molecule has 1 fully saturated rings. The Morgan fingerprint density at radius 2 is 2.19 bits per heavy atom. The van der Waals surface area contributed by atoms with E-state index in [4.69, 9.17) is 4.74 Å². The Hall–Kier alpha value is -3.16. The van der Waals surface area contributed by atoms with Gasteiger partial charge >= 0.3 is 0 Å². The van der Waals surface area contributed by atoms with E-state index in [1.165, 1.54) is 18.9 Å². The minimum Gasteiger partial charge on any atom is -0.481 e. The van der Waals surface area contributed by atoms with Gasteiger partial charge in [-0.2, -0.15) is 0 Å². The summed E-state index contributed by atoms with van der Waals surface area (Å²) >= 11 is 0. The van der Waals surface area contributed by atoms with Crippen LogP contribution < -0.4 is 15.0 Å². The van der Waals surface area contributed by atoms with Crippen LogP contribution in [-0.4, -0.2) is 34.1 Å². The van der Waals surface area contributed by atoms with E-state index < -0.39 is 5.82 Å². The van der Waals surface area contributed by atoms with Gasteiger partial charge in [0, 0.05) is 31.4 Å². The fourth-order valence-corrected chi connectivity index (χ4v) is 3.25. The van der Waals surface area contributed by atoms with E-state index >= 15 is 0 Å². The fourth-order valence-electron chi connectivity index (χ4n) is 3.25. The largest absolute Gasteiger partial charge is 0.481 e. The maximum absolute atomic E-state index is 14.5. The molecule has 0 saturated heterocycles. The zero-order valence-corrected chi connectivity index (χ0v) is 14.8. The number of halogens is 1. The van der Waals surface area contributed by atoms with E-state index in [0.717, 1.165) is 6.54 Å². The second kappa shape index (κ2) is 5.94. The number of ether oxygens (including phenoxy) is 1. The van der Waals surface area contributed by atoms with Gasteiger partial charge in [0.1, 0.15) is 11.3 Å². The second-order valence-corrected chi connectivity index (χ2v) is 7.05. The number of imidazole rings is 1. The van der Waals surface area contributed by atoms with E-state index in [-0.39, 0.29) is 18.3 Å². The minimum absolute atomic E-state index is 0.00806. The summed E-state index contributed by atoms with van der Waals surface area (Å²) in [7, 11) is 1.70. The van der Waals surface area contributed by atoms with E-state index in [0.29, 0.717) is 34.2 Å². The number of anilines is 3. The summed E-state index contributed by atoms with van der Waals surface area (Å²) < 4.78 is 21.9. The maximum atomic E-state index is 14.5. The first-order valence-corrected chi connectivity index (χ1v) is 8.90. The highest BCUT2D eigenvalue weighted by atomic mass is 19.1. The van der Waals surface area contributed by atoms with Crippen molar-refractivity contribution in [2.24, 2.45) is 5.92 Å². The molecule has 5 rings (SSSR count). The molecule has 1 aliphatic carbocycles. The number of nitrogens with one attached hydrogen (secondary N) is 1. The summed E-state index contributed by atoms with van der Waals surface area (Å²) in [5.74, 6) is 0.807. The molecule has 2 aliphatic rings. The molecule has 8 heteroatoms. The molecule has 0 unspecified atom stereocenters. The molecule has 0 bridgehead atoms. The Labute approximate surface area is 154 Å². The molecular weight excluding hydrogens is 349 g/mol. The van der Waals surface area contributed by atoms with Gasteiger partial charge in [-0.1, -0.05) is 0 Å². The Bertz CT molecular complexity index is 1060. The maximum Gasteiger partial charge on any atom is 0.264 e. The van der Waals surface area contributed by atoms with Crippen LogP contribution in [0.2, 0.25) is 0 Å². The van der Waals surface area contributed by atoms with Crippen LogP contribution >= 0.6 is 0 Å². The molecule has 138 valence electrons. The van der Waals surface area contributed by atoms with Crippen LogP contribution in [0.5, 0.6) is 5.75 Å². The van der Waals surface area contributed by atoms with Crippen molar-refractivity contribution in [3.63, 3.8) is 0 Å². The molecule has 3 aromatic rings. The third-order valence-electron chi connectivity index (χ3n) is 5.01. The quantitative estimate of drug-likeness (QED) is 0.767. The van der Waals surface area contributed by atoms with Crippen LogP contribution in [-0.2, 0) is 11.3 Å². The molecule has 2 aromatic heterocycles. The van der Waals surface area contributed by atoms with Crippen LogP contribution in [0.4, 0.5) is 21.6 Å². The number of hydrogen-bond donors (Lipinski definition) is 1. The number of likely N-dealkylation sites (N-methyl/N-ethyl adjacent to an activating group) is 1. The number of nitrogens with zero attached hydrogens (tertiary/aromatic N) is 4. The van der Waals surface area contributed by atoms with Gasteiger partial charge in [-0.05, 0) is 30.9 Å². The fraction of sp³-hybridized carbons (Fsp3) is 0.316. The summed E-state index contributed by atoms with van der Waals surface area (Å²) in [6.45, 7) is 0.855. The molecule has 1 aromatic carbocycles. The number of carbonyl (C=O) groups excluding carboxylic acids is 1. The summed E-state index contributed by atoms with van der Waals surface area (Å²) in [6.07, 6.45) is 4.16. The highest BCUT2D eigenvalue weighted by Crippen LogP contribution is 2.35. The molecule has 1 N–H and O–H groups in total. The summed E-state index contributed by atoms with van der Waals surface area (Å²) in [4.78, 5) is 22.0. The molecule has 3 heterocycles. The molecule has 0 atom stereocenters. The smallest absolute Gasteiger partial charge is 0.264 e. The molecule has 27 heavy (non-hydrogen) atoms. The third-order valence-corrected chi connectivity index (χ3v) is 5.01. The van der Waals surface area contributed by atoms with Crippen molar-refractivity contribution in [3.8, 4) is 5.75 Å². The molecule has 1 amide bonds. The van der Waals surface area contributed by atoms with Crippen LogP contribution in [0.15, 0.2) is 30.6 Å². The molecule has 7 nitrogen and oxygen atoms in total. The predicted octanol–water partition coefficient (Wildman–Crippen LogP) is 3.08. The minimum atomic E-state index is -0.467. The summed E-state index contributed by atoms with van der Waals surface area (Å²) in [6, 6.07) is 6.67. The third kappa shape index (κ3) is 2.87. The number of aromatic nitrogens is 3. The van der Waals surface area contributed by atoms with Gasteiger partial charge in [0.25, 0.3) is 5.91 Å². The molecule has 1 aliphatic heterocycles. The number of pyridine rings is 1. The topological polar surface area (TPSA) is 72.3 Å². The normalized spacial score (nSPS) is 16.4. The van der Waals surface area contributed by atoms with Gasteiger partial charge < -0.3 is 19.5 Å². The highest BCUT2D eigenvalue weighted by Gasteiger charge is 2.24. The second-order valence-electron chi connectivity index (χ2n) is 7.05. The van der Waals surface area contributed by atoms with Crippen molar-refractivity contribution in [1.29, 1.82) is 0 Å². The van der Waals surface area contributed by atoms with Crippen LogP contribution in [0.1, 0.15) is 12.8 Å². The highest BCUT2D eigenvalue weighted by molar-refractivity contribution is 5.97. The van der Waals surface area contributed by atoms with E-state index in [1.807, 2.05) is 4.57 Å². The van der Waals surface area contributed by atoms with Crippen molar-refractivity contribution in [2.75, 3.05) is 23.9 Å². The predicted molar refractivity (Wildman–Crippen MR) is 98.8 cm³/mol. The van der Waals surface area contributed by atoms with Crippen LogP contribution in [0, 0.1) is 11.7 Å². The number of carbonyl (C=O) groups is 1. The molecule has 0 spiro atoms. The van der Waals surface area contributed by atoms with Gasteiger partial charge in [-0.25, -0.2) is 14.4 Å². The Kier molecular flexibility index (Phi) is 3.53. The lowest BCUT2D eigenvalue weighted by atomic mass is 10.2. The lowest BCUT2D eigenvalue weighted by molar-refractivity contribution is -0.120. The monoisotopic (exact) mass is 367 g/mol. The van der Waals surface area contributed by atoms with Crippen molar-refractivity contribution in [2.45, 2.75) is 19.4 Å². The molecule has 0 radical (unpaired) electrons.